The molecule has 0 fully saturated rings. The van der Waals surface area contributed by atoms with E-state index in [9.17, 15) is 5.11 Å². The number of methoxy groups -OCH3 is 4. The summed E-state index contributed by atoms with van der Waals surface area (Å²) in [5.41, 5.74) is 5.94. The second-order valence-electron chi connectivity index (χ2n) is 7.83. The number of ether oxygens (including phenoxy) is 4. The van der Waals surface area contributed by atoms with Gasteiger partial charge in [0.05, 0.1) is 28.4 Å². The van der Waals surface area contributed by atoms with Crippen LogP contribution in [0.4, 0.5) is 0 Å². The topological polar surface area (TPSA) is 83.2 Å². The summed E-state index contributed by atoms with van der Waals surface area (Å²) in [7, 11) is 6.21. The van der Waals surface area contributed by atoms with Gasteiger partial charge in [0.15, 0.2) is 28.6 Å². The van der Waals surface area contributed by atoms with Gasteiger partial charge in [-0.15, -0.1) is 0 Å². The minimum atomic E-state index is 0.0572. The molecule has 7 heteroatoms. The fourth-order valence-corrected chi connectivity index (χ4v) is 3.75. The smallest absolute Gasteiger partial charge is 0.227 e. The van der Waals surface area contributed by atoms with E-state index in [1.807, 2.05) is 44.2 Å². The van der Waals surface area contributed by atoms with E-state index >= 15 is 0 Å². The minimum absolute atomic E-state index is 0.0572. The zero-order valence-corrected chi connectivity index (χ0v) is 20.1. The first-order valence-electron chi connectivity index (χ1n) is 10.7. The van der Waals surface area contributed by atoms with Crippen LogP contribution in [0.2, 0.25) is 0 Å². The second-order valence-corrected chi connectivity index (χ2v) is 7.83. The van der Waals surface area contributed by atoms with E-state index in [-0.39, 0.29) is 5.75 Å². The van der Waals surface area contributed by atoms with Crippen LogP contribution in [0.3, 0.4) is 0 Å². The Balaban J connectivity index is 1.98. The molecule has 1 aromatic heterocycles. The number of rotatable bonds is 7. The van der Waals surface area contributed by atoms with Crippen molar-refractivity contribution in [1.29, 1.82) is 0 Å². The van der Waals surface area contributed by atoms with Crippen molar-refractivity contribution in [3.05, 3.63) is 70.6 Å². The highest BCUT2D eigenvalue weighted by Gasteiger charge is 2.20. The maximum Gasteiger partial charge on any atom is 0.227 e. The lowest BCUT2D eigenvalue weighted by Crippen LogP contribution is -1.98. The quantitative estimate of drug-likeness (QED) is 0.350. The number of oxazole rings is 1. The molecular formula is C27H27NO6. The van der Waals surface area contributed by atoms with Crippen LogP contribution in [0.5, 0.6) is 28.7 Å². The largest absolute Gasteiger partial charge is 0.504 e. The molecule has 7 nitrogen and oxygen atoms in total. The number of fused-ring (bicyclic) bond motifs is 1. The third-order valence-electron chi connectivity index (χ3n) is 5.72. The Hall–Kier alpha value is -4.13. The maximum atomic E-state index is 10.0. The first-order valence-corrected chi connectivity index (χ1v) is 10.7. The molecule has 0 unspecified atom stereocenters. The Bertz CT molecular complexity index is 1320. The lowest BCUT2D eigenvalue weighted by molar-refractivity contribution is 0.324. The molecule has 0 radical (unpaired) electrons. The SMILES string of the molecule is COc1cc(/C=C(\c2cc(OC)c(OC)c(OC)c2)c2nc3cc(C)c(C)cc3o2)ccc1O. The molecule has 0 aliphatic rings. The molecule has 0 saturated carbocycles. The van der Waals surface area contributed by atoms with Gasteiger partial charge in [0.2, 0.25) is 11.6 Å². The molecule has 34 heavy (non-hydrogen) atoms. The van der Waals surface area contributed by atoms with Gasteiger partial charge in [-0.05, 0) is 78.6 Å². The summed E-state index contributed by atoms with van der Waals surface area (Å²) in [5, 5.41) is 10.0. The van der Waals surface area contributed by atoms with Crippen molar-refractivity contribution in [2.45, 2.75) is 13.8 Å². The molecule has 0 spiro atoms. The molecule has 1 N–H and O–H groups in total. The number of phenols is 1. The van der Waals surface area contributed by atoms with E-state index in [1.165, 1.54) is 7.11 Å². The number of benzene rings is 3. The molecule has 3 aromatic carbocycles. The third-order valence-corrected chi connectivity index (χ3v) is 5.72. The minimum Gasteiger partial charge on any atom is -0.504 e. The summed E-state index contributed by atoms with van der Waals surface area (Å²) < 4.78 is 28.1. The normalized spacial score (nSPS) is 11.5. The molecule has 0 atom stereocenters. The highest BCUT2D eigenvalue weighted by atomic mass is 16.5. The van der Waals surface area contributed by atoms with Crippen LogP contribution in [0.1, 0.15) is 28.1 Å². The van der Waals surface area contributed by atoms with Gasteiger partial charge >= 0.3 is 0 Å². The van der Waals surface area contributed by atoms with Crippen LogP contribution >= 0.6 is 0 Å². The molecule has 4 rings (SSSR count). The Kier molecular flexibility index (Phi) is 6.36. The summed E-state index contributed by atoms with van der Waals surface area (Å²) in [4.78, 5) is 4.77. The average molecular weight is 462 g/mol. The standard InChI is InChI=1S/C27H27NO6/c1-15-9-20-22(10-16(15)2)34-27(28-20)19(11-17-7-8-21(29)23(12-17)30-3)18-13-24(31-4)26(33-6)25(14-18)32-5/h7-14,29H,1-6H3/b19-11+. The maximum absolute atomic E-state index is 10.0. The number of hydrogen-bond acceptors (Lipinski definition) is 7. The van der Waals surface area contributed by atoms with Crippen LogP contribution in [0.25, 0.3) is 22.7 Å². The van der Waals surface area contributed by atoms with Crippen LogP contribution in [-0.2, 0) is 0 Å². The first kappa shape index (κ1) is 23.0. The molecule has 1 heterocycles. The van der Waals surface area contributed by atoms with Crippen molar-refractivity contribution in [3.63, 3.8) is 0 Å². The average Bonchev–Trinajstić information content (AvgIpc) is 3.24. The van der Waals surface area contributed by atoms with Gasteiger partial charge in [-0.25, -0.2) is 4.98 Å². The van der Waals surface area contributed by atoms with E-state index in [0.717, 1.165) is 27.8 Å². The lowest BCUT2D eigenvalue weighted by Gasteiger charge is -2.15. The Morgan fingerprint density at radius 1 is 0.824 bits per heavy atom. The summed E-state index contributed by atoms with van der Waals surface area (Å²) in [5.74, 6) is 2.36. The van der Waals surface area contributed by atoms with Crippen molar-refractivity contribution >= 4 is 22.7 Å². The Morgan fingerprint density at radius 3 is 2.09 bits per heavy atom. The van der Waals surface area contributed by atoms with Crippen LogP contribution < -0.4 is 18.9 Å². The van der Waals surface area contributed by atoms with Gasteiger partial charge in [0.25, 0.3) is 0 Å². The van der Waals surface area contributed by atoms with Crippen molar-refractivity contribution in [3.8, 4) is 28.7 Å². The summed E-state index contributed by atoms with van der Waals surface area (Å²) in [6.45, 7) is 4.08. The molecule has 0 bridgehead atoms. The molecule has 0 aliphatic heterocycles. The number of aromatic hydroxyl groups is 1. The number of hydrogen-bond donors (Lipinski definition) is 1. The highest BCUT2D eigenvalue weighted by molar-refractivity contribution is 5.92. The van der Waals surface area contributed by atoms with Crippen molar-refractivity contribution in [1.82, 2.24) is 4.98 Å². The summed E-state index contributed by atoms with van der Waals surface area (Å²) in [6.07, 6.45) is 1.91. The number of aryl methyl sites for hydroxylation is 2. The predicted octanol–water partition coefficient (Wildman–Crippen LogP) is 5.77. The lowest BCUT2D eigenvalue weighted by atomic mass is 10.0. The second kappa shape index (κ2) is 9.39. The van der Waals surface area contributed by atoms with Gasteiger partial charge in [-0.3, -0.25) is 0 Å². The number of phenolic OH excluding ortho intramolecular Hbond substituents is 1. The molecule has 0 amide bonds. The number of aromatic nitrogens is 1. The predicted molar refractivity (Wildman–Crippen MR) is 131 cm³/mol. The van der Waals surface area contributed by atoms with Gasteiger partial charge in [0.1, 0.15) is 5.52 Å². The van der Waals surface area contributed by atoms with Crippen LogP contribution in [0, 0.1) is 13.8 Å². The Labute approximate surface area is 198 Å². The van der Waals surface area contributed by atoms with Crippen LogP contribution in [0.15, 0.2) is 46.9 Å². The van der Waals surface area contributed by atoms with E-state index in [4.69, 9.17) is 28.3 Å². The Morgan fingerprint density at radius 2 is 1.47 bits per heavy atom. The van der Waals surface area contributed by atoms with E-state index in [2.05, 4.69) is 0 Å². The summed E-state index contributed by atoms with van der Waals surface area (Å²) in [6, 6.07) is 12.8. The van der Waals surface area contributed by atoms with Crippen molar-refractivity contribution < 1.29 is 28.5 Å². The van der Waals surface area contributed by atoms with Gasteiger partial charge in [0, 0.05) is 5.57 Å². The zero-order chi connectivity index (χ0) is 24.4. The van der Waals surface area contributed by atoms with Gasteiger partial charge in [-0.2, -0.15) is 0 Å². The van der Waals surface area contributed by atoms with Gasteiger partial charge in [-0.1, -0.05) is 6.07 Å². The van der Waals surface area contributed by atoms with E-state index in [0.29, 0.717) is 40.0 Å². The molecular weight excluding hydrogens is 434 g/mol. The van der Waals surface area contributed by atoms with Crippen molar-refractivity contribution in [2.75, 3.05) is 28.4 Å². The first-order chi connectivity index (χ1) is 16.4. The molecule has 176 valence electrons. The fraction of sp³-hybridized carbons (Fsp3) is 0.222. The number of nitrogens with zero attached hydrogens (tertiary/aromatic N) is 1. The zero-order valence-electron chi connectivity index (χ0n) is 20.1. The third kappa shape index (κ3) is 4.24. The summed E-state index contributed by atoms with van der Waals surface area (Å²) >= 11 is 0. The van der Waals surface area contributed by atoms with Crippen LogP contribution in [-0.4, -0.2) is 38.5 Å². The molecule has 0 saturated heterocycles. The van der Waals surface area contributed by atoms with E-state index in [1.54, 1.807) is 39.5 Å². The molecule has 4 aromatic rings. The molecule has 0 aliphatic carbocycles. The monoisotopic (exact) mass is 461 g/mol. The van der Waals surface area contributed by atoms with Crippen molar-refractivity contribution in [2.24, 2.45) is 0 Å². The van der Waals surface area contributed by atoms with E-state index < -0.39 is 0 Å². The fourth-order valence-electron chi connectivity index (χ4n) is 3.75. The highest BCUT2D eigenvalue weighted by Crippen LogP contribution is 2.42. The van der Waals surface area contributed by atoms with Gasteiger partial charge < -0.3 is 28.5 Å².